The van der Waals surface area contributed by atoms with Crippen LogP contribution in [0.15, 0.2) is 48.7 Å². The van der Waals surface area contributed by atoms with Gasteiger partial charge in [0, 0.05) is 25.1 Å². The molecule has 0 fully saturated rings. The number of nitrogens with zero attached hydrogens (tertiary/aromatic N) is 2. The van der Waals surface area contributed by atoms with Crippen molar-refractivity contribution in [1.82, 2.24) is 15.4 Å². The highest BCUT2D eigenvalue weighted by atomic mass is 35.5. The van der Waals surface area contributed by atoms with E-state index in [9.17, 15) is 23.2 Å². The van der Waals surface area contributed by atoms with Crippen LogP contribution in [0, 0.1) is 17.6 Å². The molecule has 2 aromatic carbocycles. The lowest BCUT2D eigenvalue weighted by Crippen LogP contribution is -2.50. The van der Waals surface area contributed by atoms with Crippen molar-refractivity contribution >= 4 is 46.2 Å². The number of nitrogens with one attached hydrogen (secondary N) is 2. The first-order chi connectivity index (χ1) is 20.0. The number of aromatic nitrogens is 1. The van der Waals surface area contributed by atoms with E-state index in [0.29, 0.717) is 22.8 Å². The molecule has 0 aliphatic heterocycles. The summed E-state index contributed by atoms with van der Waals surface area (Å²) in [5.74, 6) is -1.94. The fraction of sp³-hybridized carbons (Fsp3) is 0.379. The fourth-order valence-electron chi connectivity index (χ4n) is 3.99. The molecule has 0 spiro atoms. The standard InChI is InChI=1S/C29H34ClF2N5O5/c1-17(2)27(33)28(39)41-11-5-7-23(37(18(3)38)35-15-20-6-4-8-24(32)26(20)30)16-42-29(40)36-25-13-21-12-22(31)10-9-19(21)14-34-25/h4,6,8-10,12-14,17,23,27,35H,5,7,11,15-16,33H2,1-3H3,(H,34,36,40)/t23-,27-/m0/s1. The van der Waals surface area contributed by atoms with Crippen molar-refractivity contribution in [1.29, 1.82) is 0 Å². The Labute approximate surface area is 247 Å². The molecule has 0 saturated carbocycles. The highest BCUT2D eigenvalue weighted by molar-refractivity contribution is 6.31. The van der Waals surface area contributed by atoms with E-state index in [0.717, 1.165) is 0 Å². The molecule has 10 nitrogen and oxygen atoms in total. The number of hydrogen-bond acceptors (Lipinski definition) is 8. The summed E-state index contributed by atoms with van der Waals surface area (Å²) in [6.07, 6.45) is 1.21. The summed E-state index contributed by atoms with van der Waals surface area (Å²) in [5, 5.41) is 4.89. The first-order valence-electron chi connectivity index (χ1n) is 13.3. The van der Waals surface area contributed by atoms with Crippen LogP contribution in [0.25, 0.3) is 10.8 Å². The van der Waals surface area contributed by atoms with Gasteiger partial charge in [-0.25, -0.2) is 24.0 Å². The van der Waals surface area contributed by atoms with Gasteiger partial charge in [-0.15, -0.1) is 0 Å². The number of carbonyl (C=O) groups excluding carboxylic acids is 3. The molecule has 0 saturated heterocycles. The zero-order valence-electron chi connectivity index (χ0n) is 23.5. The van der Waals surface area contributed by atoms with Gasteiger partial charge in [-0.3, -0.25) is 19.9 Å². The summed E-state index contributed by atoms with van der Waals surface area (Å²) in [7, 11) is 0. The Bertz CT molecular complexity index is 1410. The van der Waals surface area contributed by atoms with E-state index in [1.165, 1.54) is 48.5 Å². The first-order valence-corrected chi connectivity index (χ1v) is 13.7. The Morgan fingerprint density at radius 3 is 2.57 bits per heavy atom. The third kappa shape index (κ3) is 9.33. The number of esters is 1. The minimum Gasteiger partial charge on any atom is -0.465 e. The maximum Gasteiger partial charge on any atom is 0.412 e. The second kappa shape index (κ2) is 15.4. The van der Waals surface area contributed by atoms with Crippen LogP contribution in [-0.2, 0) is 25.6 Å². The number of nitrogens with two attached hydrogens (primary N) is 1. The van der Waals surface area contributed by atoms with E-state index in [-0.39, 0.29) is 42.9 Å². The summed E-state index contributed by atoms with van der Waals surface area (Å²) in [6.45, 7) is 4.70. The SMILES string of the molecule is CC(=O)N(NCc1cccc(F)c1Cl)[C@@H](CCCOC(=O)[C@@H](N)C(C)C)COC(=O)Nc1cc2cc(F)ccc2cn1. The topological polar surface area (TPSA) is 136 Å². The van der Waals surface area contributed by atoms with Gasteiger partial charge in [0.2, 0.25) is 5.91 Å². The minimum atomic E-state index is -0.853. The van der Waals surface area contributed by atoms with Gasteiger partial charge in [-0.05, 0) is 60.0 Å². The predicted molar refractivity (Wildman–Crippen MR) is 154 cm³/mol. The summed E-state index contributed by atoms with van der Waals surface area (Å²) in [5.41, 5.74) is 9.17. The first kappa shape index (κ1) is 32.6. The van der Waals surface area contributed by atoms with Crippen molar-refractivity contribution in [3.8, 4) is 0 Å². The molecular formula is C29H34ClF2N5O5. The van der Waals surface area contributed by atoms with Crippen LogP contribution in [0.4, 0.5) is 19.4 Å². The Hall–Kier alpha value is -3.87. The van der Waals surface area contributed by atoms with Gasteiger partial charge >= 0.3 is 12.1 Å². The second-order valence-corrected chi connectivity index (χ2v) is 10.3. The normalized spacial score (nSPS) is 12.6. The molecule has 3 rings (SSSR count). The van der Waals surface area contributed by atoms with Crippen molar-refractivity contribution in [3.05, 3.63) is 70.9 Å². The average Bonchev–Trinajstić information content (AvgIpc) is 2.94. The van der Waals surface area contributed by atoms with Crippen LogP contribution < -0.4 is 16.5 Å². The Morgan fingerprint density at radius 2 is 1.86 bits per heavy atom. The molecule has 2 atom stereocenters. The largest absolute Gasteiger partial charge is 0.465 e. The zero-order valence-corrected chi connectivity index (χ0v) is 24.3. The van der Waals surface area contributed by atoms with E-state index in [4.69, 9.17) is 26.8 Å². The molecule has 42 heavy (non-hydrogen) atoms. The maximum absolute atomic E-state index is 13.9. The van der Waals surface area contributed by atoms with Crippen molar-refractivity contribution < 1.29 is 32.6 Å². The number of carbonyl (C=O) groups is 3. The molecule has 1 heterocycles. The van der Waals surface area contributed by atoms with Crippen LogP contribution >= 0.6 is 11.6 Å². The molecular weight excluding hydrogens is 572 g/mol. The number of halogens is 3. The minimum absolute atomic E-state index is 0.00860. The predicted octanol–water partition coefficient (Wildman–Crippen LogP) is 4.94. The van der Waals surface area contributed by atoms with Crippen LogP contribution in [0.5, 0.6) is 0 Å². The monoisotopic (exact) mass is 605 g/mol. The van der Waals surface area contributed by atoms with E-state index >= 15 is 0 Å². The second-order valence-electron chi connectivity index (χ2n) is 9.95. The number of anilines is 1. The summed E-state index contributed by atoms with van der Waals surface area (Å²) < 4.78 is 38.2. The lowest BCUT2D eigenvalue weighted by atomic mass is 10.1. The fourth-order valence-corrected chi connectivity index (χ4v) is 4.19. The van der Waals surface area contributed by atoms with Gasteiger partial charge in [0.1, 0.15) is 30.1 Å². The molecule has 13 heteroatoms. The van der Waals surface area contributed by atoms with Crippen LogP contribution in [-0.4, -0.2) is 53.3 Å². The number of amides is 2. The summed E-state index contributed by atoms with van der Waals surface area (Å²) >= 11 is 6.06. The molecule has 0 bridgehead atoms. The van der Waals surface area contributed by atoms with Gasteiger partial charge in [0.15, 0.2) is 0 Å². The highest BCUT2D eigenvalue weighted by Gasteiger charge is 2.24. The van der Waals surface area contributed by atoms with Crippen LogP contribution in [0.2, 0.25) is 5.02 Å². The van der Waals surface area contributed by atoms with Crippen molar-refractivity contribution in [2.45, 2.75) is 52.2 Å². The highest BCUT2D eigenvalue weighted by Crippen LogP contribution is 2.21. The van der Waals surface area contributed by atoms with Gasteiger partial charge in [-0.2, -0.15) is 0 Å². The molecule has 0 aliphatic carbocycles. The number of hydrogen-bond donors (Lipinski definition) is 3. The number of ether oxygens (including phenoxy) is 2. The Morgan fingerprint density at radius 1 is 1.10 bits per heavy atom. The summed E-state index contributed by atoms with van der Waals surface area (Å²) in [4.78, 5) is 41.5. The van der Waals surface area contributed by atoms with Gasteiger partial charge in [0.05, 0.1) is 17.7 Å². The van der Waals surface area contributed by atoms with E-state index < -0.39 is 41.7 Å². The van der Waals surface area contributed by atoms with E-state index in [1.54, 1.807) is 26.0 Å². The van der Waals surface area contributed by atoms with Crippen molar-refractivity contribution in [2.24, 2.45) is 11.7 Å². The molecule has 4 N–H and O–H groups in total. The number of pyridine rings is 1. The smallest absolute Gasteiger partial charge is 0.412 e. The molecule has 0 unspecified atom stereocenters. The molecule has 226 valence electrons. The van der Waals surface area contributed by atoms with Gasteiger partial charge in [0.25, 0.3) is 0 Å². The Balaban J connectivity index is 1.68. The van der Waals surface area contributed by atoms with E-state index in [2.05, 4.69) is 15.7 Å². The Kier molecular flexibility index (Phi) is 12.0. The molecule has 0 radical (unpaired) electrons. The average molecular weight is 606 g/mol. The van der Waals surface area contributed by atoms with Crippen LogP contribution in [0.1, 0.15) is 39.2 Å². The molecule has 0 aliphatic rings. The molecule has 3 aromatic rings. The van der Waals surface area contributed by atoms with Gasteiger partial charge in [-0.1, -0.05) is 37.6 Å². The quantitative estimate of drug-likeness (QED) is 0.142. The lowest BCUT2D eigenvalue weighted by Gasteiger charge is -2.31. The zero-order chi connectivity index (χ0) is 30.8. The number of fused-ring (bicyclic) bond motifs is 1. The van der Waals surface area contributed by atoms with Crippen molar-refractivity contribution in [3.63, 3.8) is 0 Å². The number of hydrazine groups is 1. The van der Waals surface area contributed by atoms with Crippen LogP contribution in [0.3, 0.4) is 0 Å². The summed E-state index contributed by atoms with van der Waals surface area (Å²) in [6, 6.07) is 8.53. The third-order valence-corrected chi connectivity index (χ3v) is 6.84. The lowest BCUT2D eigenvalue weighted by molar-refractivity contribution is -0.147. The van der Waals surface area contributed by atoms with Crippen molar-refractivity contribution in [2.75, 3.05) is 18.5 Å². The van der Waals surface area contributed by atoms with E-state index in [1.807, 2.05) is 0 Å². The third-order valence-electron chi connectivity index (χ3n) is 6.41. The number of benzene rings is 2. The molecule has 2 amide bonds. The molecule has 1 aromatic heterocycles. The number of rotatable bonds is 13. The van der Waals surface area contributed by atoms with Gasteiger partial charge < -0.3 is 15.2 Å². The maximum atomic E-state index is 13.9.